The molecule has 3 amide bonds. The van der Waals surface area contributed by atoms with Gasteiger partial charge in [-0.2, -0.15) is 0 Å². The van der Waals surface area contributed by atoms with Crippen molar-refractivity contribution in [1.82, 2.24) is 16.0 Å². The summed E-state index contributed by atoms with van der Waals surface area (Å²) in [6, 6.07) is -0.885. The summed E-state index contributed by atoms with van der Waals surface area (Å²) < 4.78 is 0. The summed E-state index contributed by atoms with van der Waals surface area (Å²) in [6.07, 6.45) is 2.75. The van der Waals surface area contributed by atoms with Crippen molar-refractivity contribution < 1.29 is 34.2 Å². The van der Waals surface area contributed by atoms with Crippen LogP contribution in [0.25, 0.3) is 0 Å². The molecule has 0 saturated carbocycles. The van der Waals surface area contributed by atoms with E-state index >= 15 is 0 Å². The molecule has 2 atom stereocenters. The summed E-state index contributed by atoms with van der Waals surface area (Å²) in [5.74, 6) is -2.86. The molecule has 12 heteroatoms. The molecule has 0 radical (unpaired) electrons. The minimum absolute atomic E-state index is 0.142. The van der Waals surface area contributed by atoms with E-state index in [1.807, 2.05) is 12.8 Å². The van der Waals surface area contributed by atoms with E-state index in [4.69, 9.17) is 15.6 Å². The lowest BCUT2D eigenvalue weighted by Gasteiger charge is -2.29. The van der Waals surface area contributed by atoms with Gasteiger partial charge < -0.3 is 26.2 Å². The third kappa shape index (κ3) is 10.9. The predicted octanol–water partition coefficient (Wildman–Crippen LogP) is 0.201. The second-order valence-corrected chi connectivity index (χ2v) is 7.30. The van der Waals surface area contributed by atoms with Gasteiger partial charge in [-0.05, 0) is 25.3 Å². The maximum atomic E-state index is 12.4. The van der Waals surface area contributed by atoms with Gasteiger partial charge in [-0.15, -0.1) is 0 Å². The molecule has 162 valence electrons. The van der Waals surface area contributed by atoms with Crippen LogP contribution in [0.1, 0.15) is 33.1 Å². The van der Waals surface area contributed by atoms with E-state index in [0.717, 1.165) is 24.3 Å². The quantitative estimate of drug-likeness (QED) is 0.224. The molecule has 0 aliphatic rings. The summed E-state index contributed by atoms with van der Waals surface area (Å²) in [5, 5.41) is 31.1. The summed E-state index contributed by atoms with van der Waals surface area (Å²) in [5.41, 5.74) is -1.62. The standard InChI is InChI=1S/C17H26N4O7S/c1-3-4-5-13(24)29-10-17(2,15(27)19-9-12(22)23)21-16(28)20-8-11(6-7-18)14(25)26/h6,11,18H,3-5,8-10H2,1-2H3,(H,19,27)(H,22,23)(H,25,26)(H2,20,21,28)/t11-,17?/m0/s1. The third-order valence-electron chi connectivity index (χ3n) is 3.63. The Balaban J connectivity index is 5.11. The van der Waals surface area contributed by atoms with Crippen molar-refractivity contribution in [3.63, 3.8) is 0 Å². The van der Waals surface area contributed by atoms with Crippen LogP contribution in [-0.4, -0.2) is 69.5 Å². The lowest BCUT2D eigenvalue weighted by Crippen LogP contribution is -2.61. The van der Waals surface area contributed by atoms with E-state index in [1.165, 1.54) is 6.92 Å². The first-order valence-electron chi connectivity index (χ1n) is 8.75. The Hall–Kier alpha value is -2.85. The van der Waals surface area contributed by atoms with Crippen molar-refractivity contribution in [2.45, 2.75) is 38.6 Å². The van der Waals surface area contributed by atoms with Crippen LogP contribution < -0.4 is 16.0 Å². The van der Waals surface area contributed by atoms with Crippen molar-refractivity contribution in [2.75, 3.05) is 18.8 Å². The van der Waals surface area contributed by atoms with E-state index in [1.54, 1.807) is 0 Å². The lowest BCUT2D eigenvalue weighted by atomic mass is 10.0. The SMILES string of the molecule is CCCCC(=O)SCC(C)(NC(=O)NC[C@H](C=C=N)C(=O)O)C(=O)NCC(=O)O. The molecule has 0 aromatic heterocycles. The lowest BCUT2D eigenvalue weighted by molar-refractivity contribution is -0.140. The number of carbonyl (C=O) groups excluding carboxylic acids is 3. The van der Waals surface area contributed by atoms with Crippen LogP contribution in [0.2, 0.25) is 0 Å². The Bertz CT molecular complexity index is 677. The number of nitrogens with one attached hydrogen (secondary N) is 4. The van der Waals surface area contributed by atoms with E-state index in [-0.39, 0.29) is 17.4 Å². The van der Waals surface area contributed by atoms with Crippen LogP contribution in [0.4, 0.5) is 4.79 Å². The highest BCUT2D eigenvalue weighted by atomic mass is 32.2. The molecule has 0 aliphatic carbocycles. The molecular weight excluding hydrogens is 404 g/mol. The van der Waals surface area contributed by atoms with Gasteiger partial charge in [-0.25, -0.2) is 4.79 Å². The van der Waals surface area contributed by atoms with E-state index in [9.17, 15) is 24.0 Å². The number of aliphatic carboxylic acids is 2. The zero-order chi connectivity index (χ0) is 22.4. The molecular formula is C17H26N4O7S. The van der Waals surface area contributed by atoms with Crippen molar-refractivity contribution in [3.8, 4) is 0 Å². The Morgan fingerprint density at radius 2 is 1.86 bits per heavy atom. The molecule has 29 heavy (non-hydrogen) atoms. The van der Waals surface area contributed by atoms with E-state index < -0.39 is 41.9 Å². The molecule has 0 rings (SSSR count). The van der Waals surface area contributed by atoms with Crippen molar-refractivity contribution >= 4 is 46.6 Å². The molecule has 0 heterocycles. The number of carbonyl (C=O) groups is 5. The molecule has 6 N–H and O–H groups in total. The maximum Gasteiger partial charge on any atom is 0.322 e. The fraction of sp³-hybridized carbons (Fsp3) is 0.588. The van der Waals surface area contributed by atoms with Gasteiger partial charge in [0.05, 0.1) is 0 Å². The number of hydrogen-bond acceptors (Lipinski definition) is 7. The number of carboxylic acids is 2. The molecule has 0 spiro atoms. The highest BCUT2D eigenvalue weighted by molar-refractivity contribution is 8.13. The van der Waals surface area contributed by atoms with Crippen LogP contribution in [0, 0.1) is 11.3 Å². The monoisotopic (exact) mass is 430 g/mol. The minimum Gasteiger partial charge on any atom is -0.481 e. The number of unbranched alkanes of at least 4 members (excludes halogenated alkanes) is 1. The zero-order valence-corrected chi connectivity index (χ0v) is 17.1. The van der Waals surface area contributed by atoms with Crippen LogP contribution in [-0.2, 0) is 19.2 Å². The molecule has 0 fully saturated rings. The normalized spacial score (nSPS) is 13.2. The van der Waals surface area contributed by atoms with Crippen LogP contribution in [0.15, 0.2) is 6.08 Å². The second-order valence-electron chi connectivity index (χ2n) is 6.26. The van der Waals surface area contributed by atoms with Crippen molar-refractivity contribution in [3.05, 3.63) is 6.08 Å². The highest BCUT2D eigenvalue weighted by Crippen LogP contribution is 2.17. The van der Waals surface area contributed by atoms with Gasteiger partial charge in [-0.3, -0.25) is 24.6 Å². The number of urea groups is 1. The topological polar surface area (TPSA) is 186 Å². The smallest absolute Gasteiger partial charge is 0.322 e. The molecule has 0 aromatic carbocycles. The first-order valence-corrected chi connectivity index (χ1v) is 9.74. The number of amides is 3. The average molecular weight is 430 g/mol. The Morgan fingerprint density at radius 1 is 1.21 bits per heavy atom. The van der Waals surface area contributed by atoms with Gasteiger partial charge in [0, 0.05) is 18.7 Å². The van der Waals surface area contributed by atoms with Gasteiger partial charge in [0.15, 0.2) is 5.12 Å². The zero-order valence-electron chi connectivity index (χ0n) is 16.2. The average Bonchev–Trinajstić information content (AvgIpc) is 2.65. The minimum atomic E-state index is -1.62. The largest absolute Gasteiger partial charge is 0.481 e. The Morgan fingerprint density at radius 3 is 2.38 bits per heavy atom. The third-order valence-corrected chi connectivity index (χ3v) is 4.88. The summed E-state index contributed by atoms with van der Waals surface area (Å²) >= 11 is 0.841. The maximum absolute atomic E-state index is 12.4. The first-order chi connectivity index (χ1) is 13.6. The predicted molar refractivity (Wildman–Crippen MR) is 106 cm³/mol. The molecule has 0 bridgehead atoms. The van der Waals surface area contributed by atoms with E-state index in [0.29, 0.717) is 12.8 Å². The number of hydrogen-bond donors (Lipinski definition) is 6. The van der Waals surface area contributed by atoms with Gasteiger partial charge >= 0.3 is 18.0 Å². The van der Waals surface area contributed by atoms with Crippen molar-refractivity contribution in [1.29, 1.82) is 5.41 Å². The summed E-state index contributed by atoms with van der Waals surface area (Å²) in [4.78, 5) is 58.2. The Labute approximate surface area is 172 Å². The van der Waals surface area contributed by atoms with Gasteiger partial charge in [0.25, 0.3) is 0 Å². The number of carboxylic acid groups (broad SMARTS) is 2. The van der Waals surface area contributed by atoms with Gasteiger partial charge in [0.1, 0.15) is 18.0 Å². The summed E-state index contributed by atoms with van der Waals surface area (Å²) in [7, 11) is 0. The first kappa shape index (κ1) is 26.1. The Kier molecular flexibility index (Phi) is 12.0. The molecule has 0 saturated heterocycles. The van der Waals surface area contributed by atoms with Crippen LogP contribution in [0.3, 0.4) is 0 Å². The number of rotatable bonds is 13. The van der Waals surface area contributed by atoms with Gasteiger partial charge in [0.2, 0.25) is 5.91 Å². The van der Waals surface area contributed by atoms with Crippen LogP contribution >= 0.6 is 11.8 Å². The number of thioether (sulfide) groups is 1. The fourth-order valence-corrected chi connectivity index (χ4v) is 2.88. The second kappa shape index (κ2) is 13.3. The highest BCUT2D eigenvalue weighted by Gasteiger charge is 2.36. The van der Waals surface area contributed by atoms with Crippen molar-refractivity contribution in [2.24, 2.45) is 5.92 Å². The molecule has 0 aromatic rings. The van der Waals surface area contributed by atoms with Gasteiger partial charge in [-0.1, -0.05) is 25.1 Å². The summed E-state index contributed by atoms with van der Waals surface area (Å²) in [6.45, 7) is 2.22. The van der Waals surface area contributed by atoms with Crippen LogP contribution in [0.5, 0.6) is 0 Å². The molecule has 0 aliphatic heterocycles. The van der Waals surface area contributed by atoms with E-state index in [2.05, 4.69) is 16.0 Å². The molecule has 1 unspecified atom stereocenters. The fourth-order valence-electron chi connectivity index (χ4n) is 1.94. The molecule has 11 nitrogen and oxygen atoms in total.